The number of benzene rings is 1. The van der Waals surface area contributed by atoms with Crippen LogP contribution in [0.1, 0.15) is 16.0 Å². The third kappa shape index (κ3) is 3.57. The van der Waals surface area contributed by atoms with Crippen LogP contribution in [0.5, 0.6) is 5.75 Å². The predicted molar refractivity (Wildman–Crippen MR) is 73.8 cm³/mol. The molecule has 0 radical (unpaired) electrons. The van der Waals surface area contributed by atoms with Gasteiger partial charge in [-0.25, -0.2) is 4.39 Å². The van der Waals surface area contributed by atoms with Crippen LogP contribution < -0.4 is 4.74 Å². The number of halogens is 1. The number of ether oxygens (including phenoxy) is 1. The van der Waals surface area contributed by atoms with E-state index in [2.05, 4.69) is 11.8 Å². The van der Waals surface area contributed by atoms with Crippen molar-refractivity contribution < 1.29 is 14.2 Å². The zero-order valence-electron chi connectivity index (χ0n) is 10.4. The maximum Gasteiger partial charge on any atom is 0.124 e. The van der Waals surface area contributed by atoms with Crippen LogP contribution >= 0.6 is 11.3 Å². The lowest BCUT2D eigenvalue weighted by Gasteiger charge is -2.08. The first kappa shape index (κ1) is 13.6. The summed E-state index contributed by atoms with van der Waals surface area (Å²) in [7, 11) is 0. The van der Waals surface area contributed by atoms with Crippen molar-refractivity contribution >= 4 is 11.3 Å². The summed E-state index contributed by atoms with van der Waals surface area (Å²) >= 11 is 1.55. The lowest BCUT2D eigenvalue weighted by molar-refractivity contribution is 0.307. The van der Waals surface area contributed by atoms with Crippen LogP contribution in [0.25, 0.3) is 0 Å². The Morgan fingerprint density at radius 3 is 2.95 bits per heavy atom. The minimum Gasteiger partial charge on any atom is -0.488 e. The second-order valence-electron chi connectivity index (χ2n) is 3.92. The number of hydrogen-bond acceptors (Lipinski definition) is 3. The molecular weight excluding hydrogens is 263 g/mol. The quantitative estimate of drug-likeness (QED) is 0.873. The molecule has 0 saturated heterocycles. The molecule has 0 fully saturated rings. The number of rotatable bonds is 3. The van der Waals surface area contributed by atoms with Gasteiger partial charge in [0.1, 0.15) is 24.8 Å². The van der Waals surface area contributed by atoms with E-state index in [4.69, 9.17) is 9.84 Å². The van der Waals surface area contributed by atoms with Gasteiger partial charge in [0.2, 0.25) is 0 Å². The summed E-state index contributed by atoms with van der Waals surface area (Å²) < 4.78 is 18.6. The molecule has 2 aromatic rings. The van der Waals surface area contributed by atoms with Crippen molar-refractivity contribution in [3.63, 3.8) is 0 Å². The molecule has 98 valence electrons. The van der Waals surface area contributed by atoms with Gasteiger partial charge >= 0.3 is 0 Å². The number of thiophene rings is 1. The Bertz CT molecular complexity index is 623. The van der Waals surface area contributed by atoms with E-state index >= 15 is 0 Å². The summed E-state index contributed by atoms with van der Waals surface area (Å²) in [6.07, 6.45) is 0. The number of aliphatic hydroxyl groups is 1. The summed E-state index contributed by atoms with van der Waals surface area (Å²) in [5.74, 6) is 5.88. The van der Waals surface area contributed by atoms with E-state index in [1.807, 2.05) is 11.4 Å². The molecule has 19 heavy (non-hydrogen) atoms. The lowest BCUT2D eigenvalue weighted by atomic mass is 10.2. The summed E-state index contributed by atoms with van der Waals surface area (Å²) in [4.78, 5) is 0.990. The molecule has 0 amide bonds. The van der Waals surface area contributed by atoms with E-state index in [-0.39, 0.29) is 12.4 Å². The minimum atomic E-state index is -0.268. The van der Waals surface area contributed by atoms with Gasteiger partial charge in [-0.1, -0.05) is 11.8 Å². The largest absolute Gasteiger partial charge is 0.488 e. The zero-order chi connectivity index (χ0) is 13.7. The highest BCUT2D eigenvalue weighted by Crippen LogP contribution is 2.22. The van der Waals surface area contributed by atoms with E-state index < -0.39 is 0 Å². The maximum absolute atomic E-state index is 13.0. The van der Waals surface area contributed by atoms with Crippen LogP contribution in [0.3, 0.4) is 0 Å². The van der Waals surface area contributed by atoms with Crippen LogP contribution in [0.2, 0.25) is 0 Å². The highest BCUT2D eigenvalue weighted by Gasteiger charge is 2.05. The molecule has 2 rings (SSSR count). The van der Waals surface area contributed by atoms with Crippen molar-refractivity contribution in [1.29, 1.82) is 0 Å². The number of aliphatic hydroxyl groups excluding tert-OH is 1. The Morgan fingerprint density at radius 2 is 2.21 bits per heavy atom. The molecule has 0 bridgehead atoms. The summed E-state index contributed by atoms with van der Waals surface area (Å²) in [5, 5.41) is 10.6. The SMILES string of the molecule is Cc1cc(F)ccc1OCc1sccc1C#CCO. The molecule has 1 N–H and O–H groups in total. The van der Waals surface area contributed by atoms with Gasteiger partial charge in [-0.05, 0) is 42.1 Å². The third-order valence-electron chi connectivity index (χ3n) is 2.54. The average molecular weight is 276 g/mol. The lowest BCUT2D eigenvalue weighted by Crippen LogP contribution is -1.97. The number of aryl methyl sites for hydroxylation is 1. The molecule has 1 heterocycles. The Labute approximate surface area is 115 Å². The Kier molecular flexibility index (Phi) is 4.56. The fraction of sp³-hybridized carbons (Fsp3) is 0.200. The second kappa shape index (κ2) is 6.37. The second-order valence-corrected chi connectivity index (χ2v) is 4.92. The molecule has 4 heteroatoms. The summed E-state index contributed by atoms with van der Waals surface area (Å²) in [6, 6.07) is 6.33. The van der Waals surface area contributed by atoms with Crippen molar-refractivity contribution in [3.8, 4) is 17.6 Å². The van der Waals surface area contributed by atoms with Crippen molar-refractivity contribution in [2.45, 2.75) is 13.5 Å². The van der Waals surface area contributed by atoms with Crippen LogP contribution in [0, 0.1) is 24.6 Å². The van der Waals surface area contributed by atoms with Gasteiger partial charge in [-0.2, -0.15) is 0 Å². The van der Waals surface area contributed by atoms with Gasteiger partial charge in [0, 0.05) is 5.56 Å². The Morgan fingerprint density at radius 1 is 1.37 bits per heavy atom. The first-order chi connectivity index (χ1) is 9.20. The molecule has 0 aliphatic heterocycles. The van der Waals surface area contributed by atoms with Crippen molar-refractivity contribution in [2.75, 3.05) is 6.61 Å². The smallest absolute Gasteiger partial charge is 0.124 e. The average Bonchev–Trinajstić information content (AvgIpc) is 2.83. The Balaban J connectivity index is 2.08. The van der Waals surface area contributed by atoms with E-state index in [0.717, 1.165) is 16.0 Å². The van der Waals surface area contributed by atoms with Gasteiger partial charge in [-0.3, -0.25) is 0 Å². The van der Waals surface area contributed by atoms with Crippen LogP contribution in [0.4, 0.5) is 4.39 Å². The highest BCUT2D eigenvalue weighted by atomic mass is 32.1. The monoisotopic (exact) mass is 276 g/mol. The first-order valence-corrected chi connectivity index (χ1v) is 6.63. The predicted octanol–water partition coefficient (Wildman–Crippen LogP) is 3.12. The summed E-state index contributed by atoms with van der Waals surface area (Å²) in [6.45, 7) is 2.03. The minimum absolute atomic E-state index is 0.160. The zero-order valence-corrected chi connectivity index (χ0v) is 11.3. The first-order valence-electron chi connectivity index (χ1n) is 5.75. The van der Waals surface area contributed by atoms with Gasteiger partial charge < -0.3 is 9.84 Å². The van der Waals surface area contributed by atoms with Gasteiger partial charge in [0.25, 0.3) is 0 Å². The molecule has 0 saturated carbocycles. The molecule has 0 unspecified atom stereocenters. The molecule has 1 aromatic heterocycles. The van der Waals surface area contributed by atoms with E-state index in [0.29, 0.717) is 12.4 Å². The van der Waals surface area contributed by atoms with Gasteiger partial charge in [0.05, 0.1) is 4.88 Å². The summed E-state index contributed by atoms with van der Waals surface area (Å²) in [5.41, 5.74) is 1.62. The molecule has 0 aliphatic rings. The molecule has 1 aromatic carbocycles. The van der Waals surface area contributed by atoms with Gasteiger partial charge in [0.15, 0.2) is 0 Å². The maximum atomic E-state index is 13.0. The van der Waals surface area contributed by atoms with Crippen molar-refractivity contribution in [1.82, 2.24) is 0 Å². The molecule has 0 atom stereocenters. The normalized spacial score (nSPS) is 9.84. The van der Waals surface area contributed by atoms with Crippen LogP contribution in [-0.2, 0) is 6.61 Å². The molecule has 0 aliphatic carbocycles. The third-order valence-corrected chi connectivity index (χ3v) is 3.44. The van der Waals surface area contributed by atoms with Gasteiger partial charge in [-0.15, -0.1) is 11.3 Å². The van der Waals surface area contributed by atoms with Crippen LogP contribution in [-0.4, -0.2) is 11.7 Å². The van der Waals surface area contributed by atoms with Crippen LogP contribution in [0.15, 0.2) is 29.6 Å². The standard InChI is InChI=1S/C15H13FO2S/c1-11-9-13(16)4-5-14(11)18-10-15-12(3-2-7-17)6-8-19-15/h4-6,8-9,17H,7,10H2,1H3. The fourth-order valence-electron chi connectivity index (χ4n) is 1.62. The van der Waals surface area contributed by atoms with E-state index in [1.165, 1.54) is 12.1 Å². The van der Waals surface area contributed by atoms with Crippen molar-refractivity contribution in [2.24, 2.45) is 0 Å². The Hall–Kier alpha value is -1.83. The highest BCUT2D eigenvalue weighted by molar-refractivity contribution is 7.10. The number of hydrogen-bond donors (Lipinski definition) is 1. The fourth-order valence-corrected chi connectivity index (χ4v) is 2.36. The van der Waals surface area contributed by atoms with E-state index in [9.17, 15) is 4.39 Å². The van der Waals surface area contributed by atoms with Crippen molar-refractivity contribution in [3.05, 3.63) is 51.5 Å². The molecule has 2 nitrogen and oxygen atoms in total. The topological polar surface area (TPSA) is 29.5 Å². The molecule has 0 spiro atoms. The van der Waals surface area contributed by atoms with E-state index in [1.54, 1.807) is 24.3 Å². The molecular formula is C15H13FO2S.